The van der Waals surface area contributed by atoms with Crippen molar-refractivity contribution in [1.82, 2.24) is 9.88 Å². The third-order valence-electron chi connectivity index (χ3n) is 4.66. The molecule has 0 radical (unpaired) electrons. The van der Waals surface area contributed by atoms with Crippen molar-refractivity contribution < 1.29 is 14.3 Å². The monoisotopic (exact) mass is 396 g/mol. The largest absolute Gasteiger partial charge is 0.465 e. The molecule has 0 aliphatic heterocycles. The SMILES string of the molecule is COC(=O)c1cccc2nc(C(C(C)C)N(Cc3ccccc3)C(C)=O)sc12. The Bertz CT molecular complexity index is 982. The molecule has 0 saturated heterocycles. The van der Waals surface area contributed by atoms with E-state index in [1.54, 1.807) is 19.1 Å². The van der Waals surface area contributed by atoms with E-state index < -0.39 is 0 Å². The maximum Gasteiger partial charge on any atom is 0.339 e. The van der Waals surface area contributed by atoms with Crippen LogP contribution in [0.4, 0.5) is 0 Å². The number of carbonyl (C=O) groups excluding carboxylic acids is 2. The van der Waals surface area contributed by atoms with Gasteiger partial charge in [-0.15, -0.1) is 11.3 Å². The number of nitrogens with zero attached hydrogens (tertiary/aromatic N) is 2. The van der Waals surface area contributed by atoms with Gasteiger partial charge in [0.2, 0.25) is 5.91 Å². The summed E-state index contributed by atoms with van der Waals surface area (Å²) >= 11 is 1.45. The van der Waals surface area contributed by atoms with Crippen molar-refractivity contribution >= 4 is 33.4 Å². The van der Waals surface area contributed by atoms with Crippen LogP contribution in [-0.4, -0.2) is 28.9 Å². The van der Waals surface area contributed by atoms with Crippen LogP contribution >= 0.6 is 11.3 Å². The summed E-state index contributed by atoms with van der Waals surface area (Å²) in [6, 6.07) is 15.2. The lowest BCUT2D eigenvalue weighted by atomic mass is 10.0. The Hall–Kier alpha value is -2.73. The van der Waals surface area contributed by atoms with Gasteiger partial charge in [0.05, 0.1) is 28.9 Å². The van der Waals surface area contributed by atoms with Crippen molar-refractivity contribution in [3.63, 3.8) is 0 Å². The van der Waals surface area contributed by atoms with Gasteiger partial charge in [0.25, 0.3) is 0 Å². The van der Waals surface area contributed by atoms with Crippen molar-refractivity contribution in [2.75, 3.05) is 7.11 Å². The standard InChI is InChI=1S/C22H24N2O3S/c1-14(2)19(24(15(3)25)13-16-9-6-5-7-10-16)21-23-18-12-8-11-17(20(18)28-21)22(26)27-4/h5-12,14,19H,13H2,1-4H3. The van der Waals surface area contributed by atoms with Gasteiger partial charge < -0.3 is 9.64 Å². The highest BCUT2D eigenvalue weighted by Gasteiger charge is 2.29. The van der Waals surface area contributed by atoms with Gasteiger partial charge in [-0.25, -0.2) is 9.78 Å². The Morgan fingerprint density at radius 3 is 2.43 bits per heavy atom. The van der Waals surface area contributed by atoms with Crippen LogP contribution in [0.5, 0.6) is 0 Å². The van der Waals surface area contributed by atoms with Crippen LogP contribution in [-0.2, 0) is 16.1 Å². The zero-order chi connectivity index (χ0) is 20.3. The van der Waals surface area contributed by atoms with Crippen molar-refractivity contribution in [2.24, 2.45) is 5.92 Å². The van der Waals surface area contributed by atoms with Crippen LogP contribution < -0.4 is 0 Å². The molecule has 0 fully saturated rings. The molecule has 5 nitrogen and oxygen atoms in total. The summed E-state index contributed by atoms with van der Waals surface area (Å²) in [5.74, 6) is -0.223. The number of rotatable bonds is 6. The number of benzene rings is 2. The number of hydrogen-bond acceptors (Lipinski definition) is 5. The van der Waals surface area contributed by atoms with E-state index in [9.17, 15) is 9.59 Å². The number of fused-ring (bicyclic) bond motifs is 1. The fraction of sp³-hybridized carbons (Fsp3) is 0.318. The molecule has 1 amide bonds. The van der Waals surface area contributed by atoms with Gasteiger partial charge in [-0.2, -0.15) is 0 Å². The third-order valence-corrected chi connectivity index (χ3v) is 5.83. The number of amides is 1. The second kappa shape index (κ2) is 8.52. The van der Waals surface area contributed by atoms with Crippen LogP contribution in [0.2, 0.25) is 0 Å². The van der Waals surface area contributed by atoms with Crippen molar-refractivity contribution in [2.45, 2.75) is 33.4 Å². The first-order valence-electron chi connectivity index (χ1n) is 9.21. The van der Waals surface area contributed by atoms with E-state index in [-0.39, 0.29) is 23.8 Å². The lowest BCUT2D eigenvalue weighted by molar-refractivity contribution is -0.133. The minimum absolute atomic E-state index is 0.00463. The smallest absolute Gasteiger partial charge is 0.339 e. The summed E-state index contributed by atoms with van der Waals surface area (Å²) in [6.07, 6.45) is 0. The molecular weight excluding hydrogens is 372 g/mol. The Morgan fingerprint density at radius 1 is 1.11 bits per heavy atom. The lowest BCUT2D eigenvalue weighted by Gasteiger charge is -2.32. The molecule has 3 rings (SSSR count). The zero-order valence-electron chi connectivity index (χ0n) is 16.5. The third kappa shape index (κ3) is 4.07. The summed E-state index contributed by atoms with van der Waals surface area (Å²) in [4.78, 5) is 31.3. The minimum Gasteiger partial charge on any atom is -0.465 e. The summed E-state index contributed by atoms with van der Waals surface area (Å²) in [7, 11) is 1.37. The van der Waals surface area contributed by atoms with E-state index in [1.807, 2.05) is 41.3 Å². The van der Waals surface area contributed by atoms with Crippen molar-refractivity contribution in [1.29, 1.82) is 0 Å². The van der Waals surface area contributed by atoms with Gasteiger partial charge in [-0.05, 0) is 23.6 Å². The van der Waals surface area contributed by atoms with E-state index in [1.165, 1.54) is 18.4 Å². The molecule has 1 aromatic heterocycles. The number of aromatic nitrogens is 1. The highest BCUT2D eigenvalue weighted by Crippen LogP contribution is 2.36. The maximum absolute atomic E-state index is 12.5. The molecule has 0 bridgehead atoms. The van der Waals surface area contributed by atoms with Crippen LogP contribution in [0.3, 0.4) is 0 Å². The number of methoxy groups -OCH3 is 1. The molecule has 2 aromatic carbocycles. The number of esters is 1. The summed E-state index contributed by atoms with van der Waals surface area (Å²) < 4.78 is 5.69. The molecule has 1 heterocycles. The first-order chi connectivity index (χ1) is 13.4. The highest BCUT2D eigenvalue weighted by molar-refractivity contribution is 7.19. The first kappa shape index (κ1) is 20.0. The van der Waals surface area contributed by atoms with Gasteiger partial charge in [-0.3, -0.25) is 4.79 Å². The maximum atomic E-state index is 12.5. The topological polar surface area (TPSA) is 59.5 Å². The fourth-order valence-electron chi connectivity index (χ4n) is 3.33. The highest BCUT2D eigenvalue weighted by atomic mass is 32.1. The quantitative estimate of drug-likeness (QED) is 0.560. The number of ether oxygens (including phenoxy) is 1. The minimum atomic E-state index is -0.380. The normalized spacial score (nSPS) is 12.2. The van der Waals surface area contributed by atoms with E-state index in [0.29, 0.717) is 12.1 Å². The average Bonchev–Trinajstić information content (AvgIpc) is 3.10. The van der Waals surface area contributed by atoms with Crippen molar-refractivity contribution in [3.8, 4) is 0 Å². The van der Waals surface area contributed by atoms with Gasteiger partial charge in [0.15, 0.2) is 0 Å². The predicted octanol–water partition coefficient (Wildman–Crippen LogP) is 4.83. The van der Waals surface area contributed by atoms with Gasteiger partial charge >= 0.3 is 5.97 Å². The van der Waals surface area contributed by atoms with Crippen LogP contribution in [0.25, 0.3) is 10.2 Å². The zero-order valence-corrected chi connectivity index (χ0v) is 17.3. The molecular formula is C22H24N2O3S. The molecule has 0 aliphatic rings. The van der Waals surface area contributed by atoms with Crippen LogP contribution in [0.15, 0.2) is 48.5 Å². The van der Waals surface area contributed by atoms with Gasteiger partial charge in [0.1, 0.15) is 5.01 Å². The molecule has 6 heteroatoms. The number of carbonyl (C=O) groups is 2. The molecule has 1 unspecified atom stereocenters. The molecule has 0 N–H and O–H groups in total. The number of thiazole rings is 1. The molecule has 0 aliphatic carbocycles. The summed E-state index contributed by atoms with van der Waals surface area (Å²) in [5, 5.41) is 0.826. The van der Waals surface area contributed by atoms with Crippen LogP contribution in [0, 0.1) is 5.92 Å². The predicted molar refractivity (Wildman–Crippen MR) is 111 cm³/mol. The average molecular weight is 397 g/mol. The Balaban J connectivity index is 2.05. The molecule has 3 aromatic rings. The molecule has 0 saturated carbocycles. The second-order valence-corrected chi connectivity index (χ2v) is 8.05. The second-order valence-electron chi connectivity index (χ2n) is 7.02. The van der Waals surface area contributed by atoms with Gasteiger partial charge in [0, 0.05) is 13.5 Å². The Labute approximate surface area is 169 Å². The fourth-order valence-corrected chi connectivity index (χ4v) is 4.68. The summed E-state index contributed by atoms with van der Waals surface area (Å²) in [6.45, 7) is 6.27. The van der Waals surface area contributed by atoms with E-state index in [2.05, 4.69) is 13.8 Å². The number of hydrogen-bond donors (Lipinski definition) is 0. The molecule has 28 heavy (non-hydrogen) atoms. The Kier molecular flexibility index (Phi) is 6.09. The summed E-state index contributed by atoms with van der Waals surface area (Å²) in [5.41, 5.74) is 2.32. The molecule has 0 spiro atoms. The molecule has 146 valence electrons. The van der Waals surface area contributed by atoms with E-state index in [0.717, 1.165) is 20.8 Å². The van der Waals surface area contributed by atoms with E-state index in [4.69, 9.17) is 9.72 Å². The molecule has 1 atom stereocenters. The lowest BCUT2D eigenvalue weighted by Crippen LogP contribution is -2.35. The van der Waals surface area contributed by atoms with E-state index >= 15 is 0 Å². The van der Waals surface area contributed by atoms with Crippen molar-refractivity contribution in [3.05, 3.63) is 64.7 Å². The van der Waals surface area contributed by atoms with Crippen LogP contribution in [0.1, 0.15) is 47.7 Å². The first-order valence-corrected chi connectivity index (χ1v) is 10.0. The van der Waals surface area contributed by atoms with Gasteiger partial charge in [-0.1, -0.05) is 50.2 Å². The Morgan fingerprint density at radius 2 is 1.82 bits per heavy atom.